The maximum atomic E-state index is 11.1. The van der Waals surface area contributed by atoms with Crippen LogP contribution in [-0.4, -0.2) is 13.7 Å². The number of ether oxygens (including phenoxy) is 1. The van der Waals surface area contributed by atoms with Crippen LogP contribution >= 0.6 is 0 Å². The van der Waals surface area contributed by atoms with Gasteiger partial charge in [0.2, 0.25) is 0 Å². The number of anilines is 1. The number of methoxy groups -OCH3 is 1. The minimum Gasteiger partial charge on any atom is -0.491 e. The standard InChI is InChI=1S/C12H19NO3/c1-3-4-5-6-7-8-13-9-10(14)11(15)12(9)16-2/h13H,3-8H2,1-2H3. The highest BCUT2D eigenvalue weighted by molar-refractivity contribution is 5.61. The van der Waals surface area contributed by atoms with E-state index in [1.165, 1.54) is 26.4 Å². The summed E-state index contributed by atoms with van der Waals surface area (Å²) in [5.74, 6) is 0.179. The molecule has 1 aromatic rings. The Morgan fingerprint density at radius 2 is 1.75 bits per heavy atom. The van der Waals surface area contributed by atoms with Crippen molar-refractivity contribution < 1.29 is 4.74 Å². The molecule has 0 unspecified atom stereocenters. The van der Waals surface area contributed by atoms with Gasteiger partial charge in [0.05, 0.1) is 7.11 Å². The number of nitrogens with one attached hydrogen (secondary N) is 1. The number of unbranched alkanes of at least 4 members (excludes halogenated alkanes) is 4. The number of rotatable bonds is 8. The van der Waals surface area contributed by atoms with Crippen molar-refractivity contribution in [1.29, 1.82) is 0 Å². The van der Waals surface area contributed by atoms with E-state index in [0.29, 0.717) is 5.69 Å². The van der Waals surface area contributed by atoms with Crippen LogP contribution in [0.5, 0.6) is 5.75 Å². The fraction of sp³-hybridized carbons (Fsp3) is 0.667. The monoisotopic (exact) mass is 225 g/mol. The second-order valence-corrected chi connectivity index (χ2v) is 3.91. The van der Waals surface area contributed by atoms with Gasteiger partial charge in [0.1, 0.15) is 5.69 Å². The SMILES string of the molecule is CCCCCCCNc1c(OC)c(=O)c1=O. The van der Waals surface area contributed by atoms with Gasteiger partial charge in [-0.2, -0.15) is 0 Å². The third-order valence-corrected chi connectivity index (χ3v) is 2.65. The van der Waals surface area contributed by atoms with Crippen LogP contribution in [0.25, 0.3) is 0 Å². The Hall–Kier alpha value is -1.32. The zero-order valence-electron chi connectivity index (χ0n) is 9.97. The van der Waals surface area contributed by atoms with E-state index < -0.39 is 10.9 Å². The molecule has 0 heterocycles. The smallest absolute Gasteiger partial charge is 0.271 e. The van der Waals surface area contributed by atoms with Gasteiger partial charge in [0.15, 0.2) is 5.75 Å². The second kappa shape index (κ2) is 6.30. The molecule has 0 fully saturated rings. The fourth-order valence-electron chi connectivity index (χ4n) is 1.67. The topological polar surface area (TPSA) is 55.4 Å². The maximum Gasteiger partial charge on any atom is 0.271 e. The predicted molar refractivity (Wildman–Crippen MR) is 65.2 cm³/mol. The summed E-state index contributed by atoms with van der Waals surface area (Å²) >= 11 is 0. The first kappa shape index (κ1) is 12.7. The van der Waals surface area contributed by atoms with Crippen LogP contribution in [0, 0.1) is 0 Å². The molecule has 0 radical (unpaired) electrons. The van der Waals surface area contributed by atoms with Crippen LogP contribution in [0.15, 0.2) is 9.59 Å². The summed E-state index contributed by atoms with van der Waals surface area (Å²) in [5.41, 5.74) is -0.621. The first-order valence-corrected chi connectivity index (χ1v) is 5.83. The Bertz CT molecular complexity index is 391. The average molecular weight is 225 g/mol. The van der Waals surface area contributed by atoms with E-state index in [4.69, 9.17) is 4.74 Å². The van der Waals surface area contributed by atoms with Crippen molar-refractivity contribution in [3.8, 4) is 5.75 Å². The summed E-state index contributed by atoms with van der Waals surface area (Å²) in [5, 5.41) is 2.96. The Morgan fingerprint density at radius 1 is 1.06 bits per heavy atom. The molecule has 90 valence electrons. The average Bonchev–Trinajstić information content (AvgIpc) is 2.31. The van der Waals surface area contributed by atoms with Crippen LogP contribution < -0.4 is 20.9 Å². The third-order valence-electron chi connectivity index (χ3n) is 2.65. The third kappa shape index (κ3) is 2.84. The molecular formula is C12H19NO3. The lowest BCUT2D eigenvalue weighted by Crippen LogP contribution is -2.35. The molecule has 0 amide bonds. The van der Waals surface area contributed by atoms with Gasteiger partial charge in [-0.15, -0.1) is 0 Å². The highest BCUT2D eigenvalue weighted by Gasteiger charge is 2.20. The Balaban J connectivity index is 2.25. The zero-order chi connectivity index (χ0) is 12.0. The highest BCUT2D eigenvalue weighted by Crippen LogP contribution is 2.16. The van der Waals surface area contributed by atoms with Crippen LogP contribution in [0.4, 0.5) is 5.69 Å². The molecule has 4 heteroatoms. The summed E-state index contributed by atoms with van der Waals surface area (Å²) in [6, 6.07) is 0. The van der Waals surface area contributed by atoms with Crippen molar-refractivity contribution in [2.75, 3.05) is 19.0 Å². The zero-order valence-corrected chi connectivity index (χ0v) is 9.97. The van der Waals surface area contributed by atoms with Gasteiger partial charge in [-0.05, 0) is 6.42 Å². The molecule has 0 aromatic heterocycles. The van der Waals surface area contributed by atoms with Crippen molar-refractivity contribution in [1.82, 2.24) is 0 Å². The maximum absolute atomic E-state index is 11.1. The Labute approximate surface area is 95.3 Å². The van der Waals surface area contributed by atoms with Crippen molar-refractivity contribution >= 4 is 5.69 Å². The van der Waals surface area contributed by atoms with Crippen molar-refractivity contribution in [2.45, 2.75) is 39.0 Å². The van der Waals surface area contributed by atoms with Gasteiger partial charge in [-0.3, -0.25) is 9.59 Å². The van der Waals surface area contributed by atoms with Crippen LogP contribution in [0.1, 0.15) is 39.0 Å². The highest BCUT2D eigenvalue weighted by atomic mass is 16.5. The van der Waals surface area contributed by atoms with E-state index in [1.54, 1.807) is 0 Å². The van der Waals surface area contributed by atoms with Gasteiger partial charge in [-0.25, -0.2) is 0 Å². The number of hydrogen-bond acceptors (Lipinski definition) is 4. The second-order valence-electron chi connectivity index (χ2n) is 3.91. The molecule has 16 heavy (non-hydrogen) atoms. The Morgan fingerprint density at radius 3 is 2.38 bits per heavy atom. The largest absolute Gasteiger partial charge is 0.491 e. The Kier molecular flexibility index (Phi) is 5.02. The molecular weight excluding hydrogens is 206 g/mol. The van der Waals surface area contributed by atoms with Gasteiger partial charge in [0, 0.05) is 6.54 Å². The molecule has 1 rings (SSSR count). The van der Waals surface area contributed by atoms with E-state index in [1.807, 2.05) is 0 Å². The molecule has 0 atom stereocenters. The quantitative estimate of drug-likeness (QED) is 0.540. The molecule has 0 saturated heterocycles. The lowest BCUT2D eigenvalue weighted by atomic mass is 10.1. The predicted octanol–water partition coefficient (Wildman–Crippen LogP) is 1.67. The summed E-state index contributed by atoms with van der Waals surface area (Å²) in [7, 11) is 1.41. The minimum atomic E-state index is -0.518. The van der Waals surface area contributed by atoms with Gasteiger partial charge in [-0.1, -0.05) is 32.6 Å². The van der Waals surface area contributed by atoms with Crippen molar-refractivity contribution in [3.63, 3.8) is 0 Å². The first-order valence-electron chi connectivity index (χ1n) is 5.83. The summed E-state index contributed by atoms with van der Waals surface area (Å²) < 4.78 is 4.82. The molecule has 1 aromatic carbocycles. The summed E-state index contributed by atoms with van der Waals surface area (Å²) in [6.45, 7) is 2.90. The summed E-state index contributed by atoms with van der Waals surface area (Å²) in [4.78, 5) is 22.2. The summed E-state index contributed by atoms with van der Waals surface area (Å²) in [6.07, 6.45) is 5.87. The van der Waals surface area contributed by atoms with Crippen molar-refractivity contribution in [3.05, 3.63) is 20.4 Å². The van der Waals surface area contributed by atoms with E-state index in [0.717, 1.165) is 19.4 Å². The molecule has 0 saturated carbocycles. The molecule has 0 spiro atoms. The molecule has 0 aliphatic heterocycles. The fourth-order valence-corrected chi connectivity index (χ4v) is 1.67. The van der Waals surface area contributed by atoms with E-state index in [2.05, 4.69) is 12.2 Å². The lowest BCUT2D eigenvalue weighted by Gasteiger charge is -2.11. The van der Waals surface area contributed by atoms with E-state index in [-0.39, 0.29) is 5.75 Å². The first-order chi connectivity index (χ1) is 7.72. The van der Waals surface area contributed by atoms with Crippen LogP contribution in [-0.2, 0) is 0 Å². The molecule has 0 bridgehead atoms. The molecule has 1 N–H and O–H groups in total. The van der Waals surface area contributed by atoms with Crippen molar-refractivity contribution in [2.24, 2.45) is 0 Å². The normalized spacial score (nSPS) is 10.6. The lowest BCUT2D eigenvalue weighted by molar-refractivity contribution is 0.407. The molecule has 4 nitrogen and oxygen atoms in total. The van der Waals surface area contributed by atoms with Crippen LogP contribution in [0.3, 0.4) is 0 Å². The molecule has 0 aliphatic carbocycles. The van der Waals surface area contributed by atoms with Gasteiger partial charge >= 0.3 is 0 Å². The minimum absolute atomic E-state index is 0.179. The van der Waals surface area contributed by atoms with Gasteiger partial charge < -0.3 is 10.1 Å². The van der Waals surface area contributed by atoms with Gasteiger partial charge in [0.25, 0.3) is 10.9 Å². The van der Waals surface area contributed by atoms with E-state index in [9.17, 15) is 9.59 Å². The molecule has 0 aliphatic rings. The van der Waals surface area contributed by atoms with E-state index >= 15 is 0 Å². The number of hydrogen-bond donors (Lipinski definition) is 1. The van der Waals surface area contributed by atoms with Crippen LogP contribution in [0.2, 0.25) is 0 Å².